The minimum Gasteiger partial charge on any atom is -0.378 e. The van der Waals surface area contributed by atoms with Gasteiger partial charge in [-0.2, -0.15) is 0 Å². The van der Waals surface area contributed by atoms with E-state index in [9.17, 15) is 4.79 Å². The van der Waals surface area contributed by atoms with Gasteiger partial charge >= 0.3 is 0 Å². The minimum atomic E-state index is -0.191. The Bertz CT molecular complexity index is 932. The van der Waals surface area contributed by atoms with Gasteiger partial charge in [-0.3, -0.25) is 9.78 Å². The zero-order chi connectivity index (χ0) is 20.1. The number of benzene rings is 2. The molecule has 144 valence electrons. The maximum Gasteiger partial charge on any atom is 0.257 e. The lowest BCUT2D eigenvalue weighted by Crippen LogP contribution is -2.13. The van der Waals surface area contributed by atoms with Gasteiger partial charge in [-0.25, -0.2) is 0 Å². The first-order chi connectivity index (χ1) is 13.4. The average molecular weight is 374 g/mol. The van der Waals surface area contributed by atoms with Crippen LogP contribution in [0.4, 0.5) is 22.7 Å². The highest BCUT2D eigenvalue weighted by Crippen LogP contribution is 2.21. The highest BCUT2D eigenvalue weighted by molar-refractivity contribution is 6.04. The Balaban J connectivity index is 1.68. The van der Waals surface area contributed by atoms with E-state index in [4.69, 9.17) is 0 Å². The molecule has 0 spiro atoms. The summed E-state index contributed by atoms with van der Waals surface area (Å²) in [5, 5.41) is 6.21. The number of nitrogens with one attached hydrogen (secondary N) is 2. The Morgan fingerprint density at radius 2 is 1.54 bits per heavy atom. The van der Waals surface area contributed by atoms with Crippen molar-refractivity contribution in [3.05, 3.63) is 78.1 Å². The predicted molar refractivity (Wildman–Crippen MR) is 117 cm³/mol. The number of aromatic nitrogens is 1. The van der Waals surface area contributed by atoms with E-state index in [1.807, 2.05) is 55.4 Å². The molecule has 2 aromatic carbocycles. The number of pyridine rings is 1. The first-order valence-corrected chi connectivity index (χ1v) is 9.33. The second-order valence-electron chi connectivity index (χ2n) is 7.26. The van der Waals surface area contributed by atoms with Gasteiger partial charge in [0.05, 0.1) is 17.4 Å². The van der Waals surface area contributed by atoms with Crippen molar-refractivity contribution in [3.8, 4) is 0 Å². The summed E-state index contributed by atoms with van der Waals surface area (Å²) < 4.78 is 0. The van der Waals surface area contributed by atoms with Crippen molar-refractivity contribution in [2.75, 3.05) is 29.6 Å². The average Bonchev–Trinajstić information content (AvgIpc) is 2.69. The molecular formula is C23H26N4O. The summed E-state index contributed by atoms with van der Waals surface area (Å²) in [4.78, 5) is 18.8. The van der Waals surface area contributed by atoms with E-state index in [-0.39, 0.29) is 5.91 Å². The molecule has 1 heterocycles. The van der Waals surface area contributed by atoms with Gasteiger partial charge in [0.1, 0.15) is 0 Å². The van der Waals surface area contributed by atoms with Gasteiger partial charge in [0.15, 0.2) is 0 Å². The number of carbonyl (C=O) groups excluding carboxylic acids is 1. The van der Waals surface area contributed by atoms with Crippen LogP contribution in [0.5, 0.6) is 0 Å². The number of rotatable bonds is 6. The van der Waals surface area contributed by atoms with Gasteiger partial charge in [0, 0.05) is 37.4 Å². The molecule has 28 heavy (non-hydrogen) atoms. The van der Waals surface area contributed by atoms with E-state index < -0.39 is 0 Å². The van der Waals surface area contributed by atoms with Crippen molar-refractivity contribution < 1.29 is 4.79 Å². The Morgan fingerprint density at radius 3 is 2.14 bits per heavy atom. The predicted octanol–water partition coefficient (Wildman–Crippen LogP) is 5.27. The van der Waals surface area contributed by atoms with Crippen molar-refractivity contribution in [2.45, 2.75) is 19.8 Å². The van der Waals surface area contributed by atoms with Crippen LogP contribution < -0.4 is 15.5 Å². The lowest BCUT2D eigenvalue weighted by Gasteiger charge is -2.13. The standard InChI is InChI=1S/C23H26N4O/c1-16(2)17-5-7-19(8-6-17)25-21-13-18(14-24-15-21)23(28)26-20-9-11-22(12-10-20)27(3)4/h5-16,25H,1-4H3,(H,26,28). The Morgan fingerprint density at radius 1 is 0.893 bits per heavy atom. The monoisotopic (exact) mass is 374 g/mol. The topological polar surface area (TPSA) is 57.3 Å². The number of carbonyl (C=O) groups is 1. The van der Waals surface area contributed by atoms with Crippen molar-refractivity contribution in [1.29, 1.82) is 0 Å². The highest BCUT2D eigenvalue weighted by Gasteiger charge is 2.08. The maximum atomic E-state index is 12.6. The van der Waals surface area contributed by atoms with Crippen molar-refractivity contribution in [3.63, 3.8) is 0 Å². The summed E-state index contributed by atoms with van der Waals surface area (Å²) in [6.45, 7) is 4.34. The molecule has 0 aliphatic heterocycles. The van der Waals surface area contributed by atoms with E-state index in [1.54, 1.807) is 18.5 Å². The second-order valence-corrected chi connectivity index (χ2v) is 7.26. The number of hydrogen-bond acceptors (Lipinski definition) is 4. The molecule has 3 aromatic rings. The number of hydrogen-bond donors (Lipinski definition) is 2. The van der Waals surface area contributed by atoms with Crippen LogP contribution >= 0.6 is 0 Å². The Kier molecular flexibility index (Phi) is 5.94. The minimum absolute atomic E-state index is 0.191. The van der Waals surface area contributed by atoms with Gasteiger partial charge in [-0.05, 0) is 53.9 Å². The summed E-state index contributed by atoms with van der Waals surface area (Å²) >= 11 is 0. The first-order valence-electron chi connectivity index (χ1n) is 9.33. The molecular weight excluding hydrogens is 348 g/mol. The third-order valence-corrected chi connectivity index (χ3v) is 4.51. The summed E-state index contributed by atoms with van der Waals surface area (Å²) in [6, 6.07) is 17.8. The molecule has 0 bridgehead atoms. The smallest absolute Gasteiger partial charge is 0.257 e. The molecule has 5 nitrogen and oxygen atoms in total. The van der Waals surface area contributed by atoms with Crippen molar-refractivity contribution >= 4 is 28.7 Å². The van der Waals surface area contributed by atoms with Crippen LogP contribution in [0.1, 0.15) is 35.7 Å². The molecule has 0 aliphatic carbocycles. The summed E-state index contributed by atoms with van der Waals surface area (Å²) in [5.41, 5.74) is 5.35. The fraction of sp³-hybridized carbons (Fsp3) is 0.217. The number of nitrogens with zero attached hydrogens (tertiary/aromatic N) is 2. The molecule has 0 fully saturated rings. The molecule has 3 rings (SSSR count). The van der Waals surface area contributed by atoms with Crippen LogP contribution in [0.25, 0.3) is 0 Å². The first kappa shape index (κ1) is 19.4. The maximum absolute atomic E-state index is 12.6. The van der Waals surface area contributed by atoms with Crippen LogP contribution in [-0.2, 0) is 0 Å². The molecule has 0 radical (unpaired) electrons. The van der Waals surface area contributed by atoms with Crippen molar-refractivity contribution in [2.24, 2.45) is 0 Å². The summed E-state index contributed by atoms with van der Waals surface area (Å²) in [6.07, 6.45) is 3.27. The molecule has 0 aliphatic rings. The van der Waals surface area contributed by atoms with Gasteiger partial charge in [-0.15, -0.1) is 0 Å². The van der Waals surface area contributed by atoms with Crippen LogP contribution in [0, 0.1) is 0 Å². The Labute approximate surface area is 166 Å². The zero-order valence-corrected chi connectivity index (χ0v) is 16.7. The quantitative estimate of drug-likeness (QED) is 0.617. The van der Waals surface area contributed by atoms with Crippen LogP contribution in [0.2, 0.25) is 0 Å². The van der Waals surface area contributed by atoms with E-state index in [0.29, 0.717) is 11.5 Å². The third kappa shape index (κ3) is 4.88. The second kappa shape index (κ2) is 8.57. The molecule has 1 aromatic heterocycles. The Hall–Kier alpha value is -3.34. The molecule has 5 heteroatoms. The zero-order valence-electron chi connectivity index (χ0n) is 16.7. The number of anilines is 4. The van der Waals surface area contributed by atoms with Crippen LogP contribution in [-0.4, -0.2) is 25.0 Å². The molecule has 2 N–H and O–H groups in total. The SMILES string of the molecule is CC(C)c1ccc(Nc2cncc(C(=O)Nc3ccc(N(C)C)cc3)c2)cc1. The highest BCUT2D eigenvalue weighted by atomic mass is 16.1. The third-order valence-electron chi connectivity index (χ3n) is 4.51. The summed E-state index contributed by atoms with van der Waals surface area (Å²) in [5.74, 6) is 0.304. The van der Waals surface area contributed by atoms with Gasteiger partial charge in [0.25, 0.3) is 5.91 Å². The lowest BCUT2D eigenvalue weighted by atomic mass is 10.0. The number of amides is 1. The van der Waals surface area contributed by atoms with Crippen LogP contribution in [0.3, 0.4) is 0 Å². The fourth-order valence-corrected chi connectivity index (χ4v) is 2.80. The van der Waals surface area contributed by atoms with Crippen LogP contribution in [0.15, 0.2) is 67.0 Å². The molecule has 0 unspecified atom stereocenters. The largest absolute Gasteiger partial charge is 0.378 e. The van der Waals surface area contributed by atoms with Gasteiger partial charge in [0.2, 0.25) is 0 Å². The fourth-order valence-electron chi connectivity index (χ4n) is 2.80. The van der Waals surface area contributed by atoms with E-state index in [2.05, 4.69) is 41.6 Å². The van der Waals surface area contributed by atoms with E-state index in [1.165, 1.54) is 5.56 Å². The molecule has 0 saturated carbocycles. The summed E-state index contributed by atoms with van der Waals surface area (Å²) in [7, 11) is 3.96. The van der Waals surface area contributed by atoms with Crippen molar-refractivity contribution in [1.82, 2.24) is 4.98 Å². The molecule has 1 amide bonds. The van der Waals surface area contributed by atoms with Gasteiger partial charge < -0.3 is 15.5 Å². The lowest BCUT2D eigenvalue weighted by molar-refractivity contribution is 0.102. The van der Waals surface area contributed by atoms with Gasteiger partial charge in [-0.1, -0.05) is 26.0 Å². The van der Waals surface area contributed by atoms with E-state index >= 15 is 0 Å². The normalized spacial score (nSPS) is 10.6. The molecule has 0 atom stereocenters. The van der Waals surface area contributed by atoms with E-state index in [0.717, 1.165) is 22.7 Å². The molecule has 0 saturated heterocycles.